The lowest BCUT2D eigenvalue weighted by molar-refractivity contribution is 0.301. The highest BCUT2D eigenvalue weighted by Crippen LogP contribution is 2.32. The zero-order valence-electron chi connectivity index (χ0n) is 10.6. The van der Waals surface area contributed by atoms with Crippen molar-refractivity contribution in [2.75, 3.05) is 0 Å². The third kappa shape index (κ3) is 3.15. The molecule has 0 N–H and O–H groups in total. The lowest BCUT2D eigenvalue weighted by Crippen LogP contribution is -2.00. The summed E-state index contributed by atoms with van der Waals surface area (Å²) in [6.45, 7) is 2.33. The Morgan fingerprint density at radius 2 is 2.16 bits per heavy atom. The highest BCUT2D eigenvalue weighted by Gasteiger charge is 2.14. The van der Waals surface area contributed by atoms with Gasteiger partial charge < -0.3 is 4.74 Å². The third-order valence-corrected chi connectivity index (χ3v) is 4.52. The summed E-state index contributed by atoms with van der Waals surface area (Å²) in [7, 11) is 1.82. The van der Waals surface area contributed by atoms with Crippen molar-refractivity contribution in [3.8, 4) is 5.75 Å². The van der Waals surface area contributed by atoms with Gasteiger partial charge in [0.1, 0.15) is 17.5 Å². The molecule has 2 aromatic rings. The van der Waals surface area contributed by atoms with Gasteiger partial charge in [0.05, 0.1) is 10.2 Å². The Morgan fingerprint density at radius 1 is 1.42 bits per heavy atom. The Kier molecular flexibility index (Phi) is 4.92. The van der Waals surface area contributed by atoms with E-state index in [-0.39, 0.29) is 0 Å². The van der Waals surface area contributed by atoms with Crippen LogP contribution in [0.25, 0.3) is 0 Å². The number of nitrogens with zero attached hydrogens (tertiary/aromatic N) is 2. The Morgan fingerprint density at radius 3 is 2.74 bits per heavy atom. The molecule has 1 heterocycles. The van der Waals surface area contributed by atoms with Crippen molar-refractivity contribution in [3.05, 3.63) is 44.6 Å². The van der Waals surface area contributed by atoms with Crippen molar-refractivity contribution in [2.24, 2.45) is 7.05 Å². The molecule has 0 atom stereocenters. The van der Waals surface area contributed by atoms with E-state index >= 15 is 0 Å². The van der Waals surface area contributed by atoms with Gasteiger partial charge in [-0.15, -0.1) is 0 Å². The van der Waals surface area contributed by atoms with Crippen LogP contribution in [0.2, 0.25) is 5.15 Å². The number of aromatic nitrogens is 2. The van der Waals surface area contributed by atoms with Crippen molar-refractivity contribution in [1.82, 2.24) is 9.78 Å². The van der Waals surface area contributed by atoms with Crippen LogP contribution in [0.1, 0.15) is 16.8 Å². The second kappa shape index (κ2) is 6.29. The van der Waals surface area contributed by atoms with Crippen LogP contribution in [0.15, 0.2) is 22.7 Å². The van der Waals surface area contributed by atoms with E-state index in [0.717, 1.165) is 32.4 Å². The Bertz CT molecular complexity index is 599. The molecule has 2 rings (SSSR count). The van der Waals surface area contributed by atoms with Crippen LogP contribution >= 0.6 is 43.5 Å². The monoisotopic (exact) mass is 406 g/mol. The van der Waals surface area contributed by atoms with Gasteiger partial charge in [0.15, 0.2) is 0 Å². The topological polar surface area (TPSA) is 27.1 Å². The van der Waals surface area contributed by atoms with Crippen LogP contribution in [0.5, 0.6) is 5.75 Å². The van der Waals surface area contributed by atoms with Crippen LogP contribution in [0.4, 0.5) is 0 Å². The van der Waals surface area contributed by atoms with Gasteiger partial charge in [0, 0.05) is 23.5 Å². The molecular formula is C13H13Br2ClN2O. The van der Waals surface area contributed by atoms with E-state index in [1.54, 1.807) is 4.68 Å². The van der Waals surface area contributed by atoms with Crippen LogP contribution in [-0.2, 0) is 19.0 Å². The van der Waals surface area contributed by atoms with E-state index in [2.05, 4.69) is 37.0 Å². The predicted molar refractivity (Wildman–Crippen MR) is 84.1 cm³/mol. The molecule has 1 aromatic heterocycles. The summed E-state index contributed by atoms with van der Waals surface area (Å²) in [4.78, 5) is 0. The first-order chi connectivity index (χ1) is 9.04. The van der Waals surface area contributed by atoms with Crippen molar-refractivity contribution in [1.29, 1.82) is 0 Å². The first-order valence-electron chi connectivity index (χ1n) is 5.68. The number of hydrogen-bond donors (Lipinski definition) is 0. The molecular weight excluding hydrogens is 395 g/mol. The molecule has 0 fully saturated rings. The quantitative estimate of drug-likeness (QED) is 0.691. The molecule has 0 spiro atoms. The Labute approximate surface area is 134 Å². The molecule has 0 saturated carbocycles. The molecule has 1 aromatic carbocycles. The van der Waals surface area contributed by atoms with E-state index < -0.39 is 0 Å². The smallest absolute Gasteiger partial charge is 0.138 e. The summed E-state index contributed by atoms with van der Waals surface area (Å²) < 4.78 is 8.49. The van der Waals surface area contributed by atoms with Gasteiger partial charge in [-0.05, 0) is 28.9 Å². The van der Waals surface area contributed by atoms with Crippen molar-refractivity contribution in [2.45, 2.75) is 18.9 Å². The standard InChI is InChI=1S/C13H13Br2ClN2O/c1-8-10(13(16)18(2)17-8)7-19-12-9(6-14)4-3-5-11(12)15/h3-5H,6-7H2,1-2H3. The lowest BCUT2D eigenvalue weighted by Gasteiger charge is -2.12. The number of hydrogen-bond acceptors (Lipinski definition) is 2. The number of alkyl halides is 1. The largest absolute Gasteiger partial charge is 0.487 e. The molecule has 0 saturated heterocycles. The summed E-state index contributed by atoms with van der Waals surface area (Å²) in [5.74, 6) is 0.832. The number of rotatable bonds is 4. The van der Waals surface area contributed by atoms with Gasteiger partial charge in [-0.25, -0.2) is 0 Å². The maximum Gasteiger partial charge on any atom is 0.138 e. The molecule has 0 aliphatic heterocycles. The van der Waals surface area contributed by atoms with Gasteiger partial charge in [-0.2, -0.15) is 5.10 Å². The maximum absolute atomic E-state index is 6.19. The highest BCUT2D eigenvalue weighted by atomic mass is 79.9. The van der Waals surface area contributed by atoms with Crippen LogP contribution in [0.3, 0.4) is 0 Å². The third-order valence-electron chi connectivity index (χ3n) is 2.82. The normalized spacial score (nSPS) is 10.8. The fraction of sp³-hybridized carbons (Fsp3) is 0.308. The predicted octanol–water partition coefficient (Wildman–Crippen LogP) is 4.62. The van der Waals surface area contributed by atoms with Gasteiger partial charge in [-0.3, -0.25) is 4.68 Å². The fourth-order valence-corrected chi connectivity index (χ4v) is 2.99. The van der Waals surface area contributed by atoms with Crippen LogP contribution in [0, 0.1) is 6.92 Å². The Hall–Kier alpha value is -0.520. The molecule has 0 amide bonds. The SMILES string of the molecule is Cc1nn(C)c(Cl)c1COc1c(Br)cccc1CBr. The summed E-state index contributed by atoms with van der Waals surface area (Å²) in [5, 5.41) is 5.62. The number of ether oxygens (including phenoxy) is 1. The Balaban J connectivity index is 2.24. The van der Waals surface area contributed by atoms with E-state index in [9.17, 15) is 0 Å². The van der Waals surface area contributed by atoms with E-state index in [0.29, 0.717) is 11.8 Å². The second-order valence-corrected chi connectivity index (χ2v) is 5.90. The summed E-state index contributed by atoms with van der Waals surface area (Å²) in [6, 6.07) is 5.96. The van der Waals surface area contributed by atoms with Gasteiger partial charge in [0.25, 0.3) is 0 Å². The first-order valence-corrected chi connectivity index (χ1v) is 7.98. The van der Waals surface area contributed by atoms with Crippen LogP contribution < -0.4 is 4.74 Å². The average molecular weight is 409 g/mol. The van der Waals surface area contributed by atoms with Crippen molar-refractivity contribution < 1.29 is 4.74 Å². The fourth-order valence-electron chi connectivity index (χ4n) is 1.80. The maximum atomic E-state index is 6.19. The molecule has 0 aliphatic carbocycles. The zero-order chi connectivity index (χ0) is 14.0. The molecule has 19 heavy (non-hydrogen) atoms. The minimum Gasteiger partial charge on any atom is -0.487 e. The molecule has 102 valence electrons. The molecule has 3 nitrogen and oxygen atoms in total. The second-order valence-electron chi connectivity index (χ2n) is 4.13. The first kappa shape index (κ1) is 14.9. The van der Waals surface area contributed by atoms with Gasteiger partial charge in [-0.1, -0.05) is 39.7 Å². The number of halogens is 3. The van der Waals surface area contributed by atoms with E-state index in [1.165, 1.54) is 0 Å². The van der Waals surface area contributed by atoms with Gasteiger partial charge >= 0.3 is 0 Å². The lowest BCUT2D eigenvalue weighted by atomic mass is 10.2. The minimum atomic E-state index is 0.404. The summed E-state index contributed by atoms with van der Waals surface area (Å²) in [5.41, 5.74) is 2.90. The van der Waals surface area contributed by atoms with E-state index in [4.69, 9.17) is 16.3 Å². The van der Waals surface area contributed by atoms with E-state index in [1.807, 2.05) is 32.2 Å². The number of aryl methyl sites for hydroxylation is 2. The molecule has 0 bridgehead atoms. The molecule has 0 unspecified atom stereocenters. The van der Waals surface area contributed by atoms with Crippen molar-refractivity contribution >= 4 is 43.5 Å². The molecule has 6 heteroatoms. The number of para-hydroxylation sites is 1. The molecule has 0 radical (unpaired) electrons. The zero-order valence-corrected chi connectivity index (χ0v) is 14.5. The minimum absolute atomic E-state index is 0.404. The number of benzene rings is 1. The van der Waals surface area contributed by atoms with Gasteiger partial charge in [0.2, 0.25) is 0 Å². The summed E-state index contributed by atoms with van der Waals surface area (Å²) in [6.07, 6.45) is 0. The average Bonchev–Trinajstić information content (AvgIpc) is 2.62. The summed E-state index contributed by atoms with van der Waals surface area (Å²) >= 11 is 13.2. The van der Waals surface area contributed by atoms with Crippen LogP contribution in [-0.4, -0.2) is 9.78 Å². The highest BCUT2D eigenvalue weighted by molar-refractivity contribution is 9.10. The molecule has 0 aliphatic rings. The van der Waals surface area contributed by atoms with Crippen molar-refractivity contribution in [3.63, 3.8) is 0 Å².